The lowest BCUT2D eigenvalue weighted by atomic mass is 10.0. The molecule has 1 atom stereocenters. The number of rotatable bonds is 4. The molecule has 0 aromatic heterocycles. The first-order chi connectivity index (χ1) is 9.20. The number of hydrogen-bond donors (Lipinski definition) is 1. The number of likely N-dealkylation sites (tertiary alicyclic amines) is 1. The maximum Gasteiger partial charge on any atom is 0.0598 e. The first kappa shape index (κ1) is 14.6. The summed E-state index contributed by atoms with van der Waals surface area (Å²) in [6, 6.07) is 9.39. The van der Waals surface area contributed by atoms with Crippen LogP contribution in [-0.4, -0.2) is 30.6 Å². The predicted molar refractivity (Wildman–Crippen MR) is 84.0 cm³/mol. The summed E-state index contributed by atoms with van der Waals surface area (Å²) in [5.41, 5.74) is 1.33. The van der Waals surface area contributed by atoms with E-state index in [1.165, 1.54) is 22.9 Å². The Labute approximate surface area is 124 Å². The van der Waals surface area contributed by atoms with Gasteiger partial charge in [-0.05, 0) is 31.4 Å². The van der Waals surface area contributed by atoms with Crippen LogP contribution in [0.15, 0.2) is 28.7 Å². The average molecular weight is 321 g/mol. The maximum absolute atomic E-state index is 5.35. The highest BCUT2D eigenvalue weighted by Gasteiger charge is 2.20. The Balaban J connectivity index is 1.86. The third kappa shape index (κ3) is 4.07. The Hall–Kier alpha value is -0.820. The van der Waals surface area contributed by atoms with E-state index in [1.807, 2.05) is 0 Å². The number of nitrogens with one attached hydrogen (secondary N) is 1. The normalized spacial score (nSPS) is 19.0. The zero-order chi connectivity index (χ0) is 13.7. The second kappa shape index (κ2) is 7.09. The molecule has 1 aromatic carbocycles. The van der Waals surface area contributed by atoms with E-state index in [9.17, 15) is 0 Å². The summed E-state index contributed by atoms with van der Waals surface area (Å²) < 4.78 is 1.18. The number of benzene rings is 1. The second-order valence-electron chi connectivity index (χ2n) is 5.16. The lowest BCUT2D eigenvalue weighted by Gasteiger charge is -2.33. The van der Waals surface area contributed by atoms with Crippen LogP contribution in [0.4, 0.5) is 0 Å². The van der Waals surface area contributed by atoms with Crippen molar-refractivity contribution < 1.29 is 0 Å². The molecular formula is C16H21BrN2. The molecule has 0 saturated carbocycles. The molecule has 2 rings (SSSR count). The Morgan fingerprint density at radius 1 is 1.42 bits per heavy atom. The monoisotopic (exact) mass is 320 g/mol. The molecule has 0 spiro atoms. The quantitative estimate of drug-likeness (QED) is 0.857. The number of hydrogen-bond acceptors (Lipinski definition) is 2. The Morgan fingerprint density at radius 2 is 2.11 bits per heavy atom. The fourth-order valence-corrected chi connectivity index (χ4v) is 3.28. The fraction of sp³-hybridized carbons (Fsp3) is 0.500. The summed E-state index contributed by atoms with van der Waals surface area (Å²) in [6.07, 6.45) is 7.71. The highest BCUT2D eigenvalue weighted by molar-refractivity contribution is 9.10. The zero-order valence-electron chi connectivity index (χ0n) is 11.4. The van der Waals surface area contributed by atoms with E-state index in [1.54, 1.807) is 0 Å². The van der Waals surface area contributed by atoms with Crippen LogP contribution in [0.2, 0.25) is 0 Å². The van der Waals surface area contributed by atoms with Gasteiger partial charge >= 0.3 is 0 Å². The van der Waals surface area contributed by atoms with Gasteiger partial charge in [-0.2, -0.15) is 0 Å². The number of halogens is 1. The van der Waals surface area contributed by atoms with Gasteiger partial charge in [-0.25, -0.2) is 0 Å². The first-order valence-electron chi connectivity index (χ1n) is 6.87. The molecule has 1 unspecified atom stereocenters. The van der Waals surface area contributed by atoms with Crippen LogP contribution in [-0.2, 0) is 0 Å². The van der Waals surface area contributed by atoms with Crippen LogP contribution in [0.25, 0.3) is 0 Å². The van der Waals surface area contributed by atoms with Gasteiger partial charge in [0.05, 0.1) is 6.54 Å². The molecule has 19 heavy (non-hydrogen) atoms. The zero-order valence-corrected chi connectivity index (χ0v) is 13.0. The Bertz CT molecular complexity index is 444. The molecule has 0 bridgehead atoms. The standard InChI is InChI=1S/C16H21BrN2/c1-3-10-19-11-8-14(9-12-19)18-13(2)15-6-4-5-7-16(15)17/h1,4-7,13-14,18H,8-12H2,2H3. The minimum absolute atomic E-state index is 0.375. The highest BCUT2D eigenvalue weighted by Crippen LogP contribution is 2.24. The fourth-order valence-electron chi connectivity index (χ4n) is 2.66. The molecule has 1 fully saturated rings. The van der Waals surface area contributed by atoms with Crippen molar-refractivity contribution in [2.75, 3.05) is 19.6 Å². The molecule has 3 heteroatoms. The molecule has 1 N–H and O–H groups in total. The molecule has 2 nitrogen and oxygen atoms in total. The van der Waals surface area contributed by atoms with E-state index in [-0.39, 0.29) is 0 Å². The van der Waals surface area contributed by atoms with Gasteiger partial charge in [0.1, 0.15) is 0 Å². The molecule has 1 heterocycles. The number of piperidine rings is 1. The molecule has 1 aliphatic heterocycles. The van der Waals surface area contributed by atoms with Gasteiger partial charge in [-0.1, -0.05) is 40.0 Å². The third-order valence-corrected chi connectivity index (χ3v) is 4.48. The van der Waals surface area contributed by atoms with Gasteiger partial charge in [-0.3, -0.25) is 4.90 Å². The van der Waals surface area contributed by atoms with Gasteiger partial charge in [0.25, 0.3) is 0 Å². The van der Waals surface area contributed by atoms with Crippen LogP contribution in [0.3, 0.4) is 0 Å². The van der Waals surface area contributed by atoms with Gasteiger partial charge in [0.15, 0.2) is 0 Å². The molecule has 1 aromatic rings. The van der Waals surface area contributed by atoms with Gasteiger partial charge in [-0.15, -0.1) is 6.42 Å². The van der Waals surface area contributed by atoms with Crippen molar-refractivity contribution >= 4 is 15.9 Å². The highest BCUT2D eigenvalue weighted by atomic mass is 79.9. The van der Waals surface area contributed by atoms with Crippen molar-refractivity contribution in [3.63, 3.8) is 0 Å². The van der Waals surface area contributed by atoms with E-state index < -0.39 is 0 Å². The van der Waals surface area contributed by atoms with Crippen molar-refractivity contribution in [1.29, 1.82) is 0 Å². The van der Waals surface area contributed by atoms with E-state index >= 15 is 0 Å². The lowest BCUT2D eigenvalue weighted by molar-refractivity contribution is 0.211. The van der Waals surface area contributed by atoms with Crippen LogP contribution in [0.1, 0.15) is 31.4 Å². The average Bonchev–Trinajstić information content (AvgIpc) is 2.42. The molecule has 0 radical (unpaired) electrons. The summed E-state index contributed by atoms with van der Waals surface area (Å²) in [7, 11) is 0. The van der Waals surface area contributed by atoms with E-state index in [2.05, 4.69) is 63.3 Å². The summed E-state index contributed by atoms with van der Waals surface area (Å²) in [5.74, 6) is 2.73. The summed E-state index contributed by atoms with van der Waals surface area (Å²) in [4.78, 5) is 2.35. The van der Waals surface area contributed by atoms with E-state index in [0.29, 0.717) is 12.1 Å². The van der Waals surface area contributed by atoms with E-state index in [4.69, 9.17) is 6.42 Å². The molecule has 0 aliphatic carbocycles. The largest absolute Gasteiger partial charge is 0.307 e. The second-order valence-corrected chi connectivity index (χ2v) is 6.02. The van der Waals surface area contributed by atoms with Crippen molar-refractivity contribution in [2.45, 2.75) is 31.8 Å². The Kier molecular flexibility index (Phi) is 5.45. The maximum atomic E-state index is 5.35. The molecular weight excluding hydrogens is 300 g/mol. The van der Waals surface area contributed by atoms with Crippen LogP contribution in [0.5, 0.6) is 0 Å². The molecule has 102 valence electrons. The minimum Gasteiger partial charge on any atom is -0.307 e. The number of terminal acetylenes is 1. The Morgan fingerprint density at radius 3 is 2.74 bits per heavy atom. The van der Waals surface area contributed by atoms with Gasteiger partial charge in [0.2, 0.25) is 0 Å². The van der Waals surface area contributed by atoms with Crippen LogP contribution >= 0.6 is 15.9 Å². The van der Waals surface area contributed by atoms with Crippen molar-refractivity contribution in [3.05, 3.63) is 34.3 Å². The van der Waals surface area contributed by atoms with Crippen molar-refractivity contribution in [2.24, 2.45) is 0 Å². The first-order valence-corrected chi connectivity index (χ1v) is 7.66. The van der Waals surface area contributed by atoms with Crippen LogP contribution < -0.4 is 5.32 Å². The molecule has 0 amide bonds. The van der Waals surface area contributed by atoms with Gasteiger partial charge in [0, 0.05) is 29.6 Å². The minimum atomic E-state index is 0.375. The smallest absolute Gasteiger partial charge is 0.0598 e. The summed E-state index contributed by atoms with van der Waals surface area (Å²) >= 11 is 3.62. The molecule has 1 aliphatic rings. The topological polar surface area (TPSA) is 15.3 Å². The molecule has 1 saturated heterocycles. The lowest BCUT2D eigenvalue weighted by Crippen LogP contribution is -2.43. The van der Waals surface area contributed by atoms with Crippen molar-refractivity contribution in [1.82, 2.24) is 10.2 Å². The predicted octanol–water partition coefficient (Wildman–Crippen LogP) is 3.20. The van der Waals surface area contributed by atoms with E-state index in [0.717, 1.165) is 19.6 Å². The van der Waals surface area contributed by atoms with Crippen LogP contribution in [0, 0.1) is 12.3 Å². The number of nitrogens with zero attached hydrogens (tertiary/aromatic N) is 1. The summed E-state index contributed by atoms with van der Waals surface area (Å²) in [5, 5.41) is 3.73. The third-order valence-electron chi connectivity index (χ3n) is 3.76. The van der Waals surface area contributed by atoms with Crippen molar-refractivity contribution in [3.8, 4) is 12.3 Å². The summed E-state index contributed by atoms with van der Waals surface area (Å²) in [6.45, 7) is 5.22. The SMILES string of the molecule is C#CCN1CCC(NC(C)c2ccccc2Br)CC1. The van der Waals surface area contributed by atoms with Gasteiger partial charge < -0.3 is 5.32 Å².